The second-order valence-electron chi connectivity index (χ2n) is 6.75. The highest BCUT2D eigenvalue weighted by molar-refractivity contribution is 5.20. The molecule has 1 N–H and O–H groups in total. The SMILES string of the molecule is OC1(Cc2ccccc2)CCCCCC1Cc1ccccc1. The summed E-state index contributed by atoms with van der Waals surface area (Å²) in [7, 11) is 0. The molecular weight excluding hydrogens is 268 g/mol. The average Bonchev–Trinajstić information content (AvgIpc) is 2.72. The van der Waals surface area contributed by atoms with Gasteiger partial charge in [-0.2, -0.15) is 0 Å². The van der Waals surface area contributed by atoms with Crippen LogP contribution in [0.5, 0.6) is 0 Å². The molecule has 1 saturated carbocycles. The fraction of sp³-hybridized carbons (Fsp3) is 0.429. The molecule has 1 aliphatic carbocycles. The lowest BCUT2D eigenvalue weighted by molar-refractivity contribution is -0.0244. The van der Waals surface area contributed by atoms with Crippen molar-refractivity contribution >= 4 is 0 Å². The van der Waals surface area contributed by atoms with Gasteiger partial charge in [0.25, 0.3) is 0 Å². The van der Waals surface area contributed by atoms with Gasteiger partial charge in [0.1, 0.15) is 0 Å². The van der Waals surface area contributed by atoms with E-state index < -0.39 is 5.60 Å². The Labute approximate surface area is 134 Å². The summed E-state index contributed by atoms with van der Waals surface area (Å²) in [5.74, 6) is 0.359. The van der Waals surface area contributed by atoms with Crippen molar-refractivity contribution < 1.29 is 5.11 Å². The van der Waals surface area contributed by atoms with Crippen molar-refractivity contribution in [2.75, 3.05) is 0 Å². The van der Waals surface area contributed by atoms with E-state index in [1.807, 2.05) is 6.07 Å². The average molecular weight is 294 g/mol. The van der Waals surface area contributed by atoms with Crippen molar-refractivity contribution in [3.63, 3.8) is 0 Å². The minimum atomic E-state index is -0.562. The van der Waals surface area contributed by atoms with Crippen LogP contribution in [0.15, 0.2) is 60.7 Å². The summed E-state index contributed by atoms with van der Waals surface area (Å²) in [6, 6.07) is 21.1. The first-order valence-corrected chi connectivity index (χ1v) is 8.56. The van der Waals surface area contributed by atoms with E-state index in [1.54, 1.807) is 0 Å². The second kappa shape index (κ2) is 7.11. The smallest absolute Gasteiger partial charge is 0.0719 e. The zero-order valence-corrected chi connectivity index (χ0v) is 13.2. The highest BCUT2D eigenvalue weighted by Gasteiger charge is 2.37. The van der Waals surface area contributed by atoms with Crippen LogP contribution in [-0.2, 0) is 12.8 Å². The molecule has 1 fully saturated rings. The predicted molar refractivity (Wildman–Crippen MR) is 91.8 cm³/mol. The predicted octanol–water partition coefficient (Wildman–Crippen LogP) is 4.78. The lowest BCUT2D eigenvalue weighted by Gasteiger charge is -2.35. The number of hydrogen-bond acceptors (Lipinski definition) is 1. The van der Waals surface area contributed by atoms with E-state index in [9.17, 15) is 5.11 Å². The largest absolute Gasteiger partial charge is 0.389 e. The van der Waals surface area contributed by atoms with Crippen molar-refractivity contribution in [1.82, 2.24) is 0 Å². The zero-order valence-electron chi connectivity index (χ0n) is 13.2. The molecule has 2 unspecified atom stereocenters. The number of hydrogen-bond donors (Lipinski definition) is 1. The van der Waals surface area contributed by atoms with Crippen LogP contribution < -0.4 is 0 Å². The molecule has 0 saturated heterocycles. The minimum absolute atomic E-state index is 0.359. The van der Waals surface area contributed by atoms with E-state index in [-0.39, 0.29) is 0 Å². The maximum absolute atomic E-state index is 11.4. The summed E-state index contributed by atoms with van der Waals surface area (Å²) in [4.78, 5) is 0. The second-order valence-corrected chi connectivity index (χ2v) is 6.75. The molecule has 2 aromatic carbocycles. The molecule has 2 atom stereocenters. The summed E-state index contributed by atoms with van der Waals surface area (Å²) < 4.78 is 0. The monoisotopic (exact) mass is 294 g/mol. The highest BCUT2D eigenvalue weighted by Crippen LogP contribution is 2.37. The molecule has 1 nitrogen and oxygen atoms in total. The van der Waals surface area contributed by atoms with E-state index in [1.165, 1.54) is 24.0 Å². The van der Waals surface area contributed by atoms with Gasteiger partial charge in [-0.05, 0) is 36.3 Å². The number of aliphatic hydroxyl groups is 1. The molecule has 0 radical (unpaired) electrons. The third-order valence-electron chi connectivity index (χ3n) is 5.10. The van der Waals surface area contributed by atoms with Crippen LogP contribution in [0.2, 0.25) is 0 Å². The summed E-state index contributed by atoms with van der Waals surface area (Å²) >= 11 is 0. The Morgan fingerprint density at radius 3 is 2.14 bits per heavy atom. The molecule has 0 bridgehead atoms. The maximum atomic E-state index is 11.4. The van der Waals surface area contributed by atoms with E-state index in [4.69, 9.17) is 0 Å². The first kappa shape index (κ1) is 15.3. The van der Waals surface area contributed by atoms with E-state index >= 15 is 0 Å². The first-order chi connectivity index (χ1) is 10.8. The summed E-state index contributed by atoms with van der Waals surface area (Å²) in [5, 5.41) is 11.4. The van der Waals surface area contributed by atoms with Gasteiger partial charge >= 0.3 is 0 Å². The summed E-state index contributed by atoms with van der Waals surface area (Å²) in [5.41, 5.74) is 2.04. The van der Waals surface area contributed by atoms with Crippen molar-refractivity contribution in [3.05, 3.63) is 71.8 Å². The maximum Gasteiger partial charge on any atom is 0.0719 e. The fourth-order valence-corrected chi connectivity index (χ4v) is 3.84. The summed E-state index contributed by atoms with van der Waals surface area (Å²) in [6.07, 6.45) is 7.48. The Hall–Kier alpha value is -1.60. The third-order valence-corrected chi connectivity index (χ3v) is 5.10. The van der Waals surface area contributed by atoms with Crippen LogP contribution in [0.1, 0.15) is 43.2 Å². The Bertz CT molecular complexity index is 563. The van der Waals surface area contributed by atoms with Crippen molar-refractivity contribution in [2.24, 2.45) is 5.92 Å². The molecule has 0 aromatic heterocycles. The highest BCUT2D eigenvalue weighted by atomic mass is 16.3. The van der Waals surface area contributed by atoms with Crippen LogP contribution >= 0.6 is 0 Å². The normalized spacial score (nSPS) is 25.6. The number of benzene rings is 2. The minimum Gasteiger partial charge on any atom is -0.389 e. The van der Waals surface area contributed by atoms with E-state index in [0.717, 1.165) is 32.1 Å². The molecular formula is C21H26O. The van der Waals surface area contributed by atoms with Crippen LogP contribution in [0.4, 0.5) is 0 Å². The van der Waals surface area contributed by atoms with Crippen LogP contribution in [0, 0.1) is 5.92 Å². The van der Waals surface area contributed by atoms with Gasteiger partial charge < -0.3 is 5.11 Å². The Morgan fingerprint density at radius 1 is 0.818 bits per heavy atom. The zero-order chi connectivity index (χ0) is 15.3. The van der Waals surface area contributed by atoms with Gasteiger partial charge in [0, 0.05) is 6.42 Å². The quantitative estimate of drug-likeness (QED) is 0.804. The molecule has 1 heteroatoms. The molecule has 0 spiro atoms. The Balaban J connectivity index is 1.80. The van der Waals surface area contributed by atoms with Crippen molar-refractivity contribution in [1.29, 1.82) is 0 Å². The molecule has 0 amide bonds. The van der Waals surface area contributed by atoms with Gasteiger partial charge in [0.15, 0.2) is 0 Å². The standard InChI is InChI=1S/C21H26O/c22-21(17-19-12-6-2-7-13-19)15-9-3-8-14-20(21)16-18-10-4-1-5-11-18/h1-2,4-7,10-13,20,22H,3,8-9,14-17H2. The molecule has 22 heavy (non-hydrogen) atoms. The Morgan fingerprint density at radius 2 is 1.45 bits per heavy atom. The van der Waals surface area contributed by atoms with Crippen LogP contribution in [-0.4, -0.2) is 10.7 Å². The van der Waals surface area contributed by atoms with Gasteiger partial charge in [-0.1, -0.05) is 79.9 Å². The lowest BCUT2D eigenvalue weighted by Crippen LogP contribution is -2.40. The molecule has 0 aliphatic heterocycles. The van der Waals surface area contributed by atoms with Gasteiger partial charge in [-0.15, -0.1) is 0 Å². The van der Waals surface area contributed by atoms with Gasteiger partial charge in [0.2, 0.25) is 0 Å². The lowest BCUT2D eigenvalue weighted by atomic mass is 9.76. The van der Waals surface area contributed by atoms with Gasteiger partial charge in [0.05, 0.1) is 5.60 Å². The third kappa shape index (κ3) is 3.78. The summed E-state index contributed by atoms with van der Waals surface area (Å²) in [6.45, 7) is 0. The fourth-order valence-electron chi connectivity index (χ4n) is 3.84. The topological polar surface area (TPSA) is 20.2 Å². The molecule has 0 heterocycles. The molecule has 2 aromatic rings. The molecule has 3 rings (SSSR count). The van der Waals surface area contributed by atoms with Crippen LogP contribution in [0.3, 0.4) is 0 Å². The first-order valence-electron chi connectivity index (χ1n) is 8.56. The Kier molecular flexibility index (Phi) is 4.94. The van der Waals surface area contributed by atoms with E-state index in [2.05, 4.69) is 54.6 Å². The van der Waals surface area contributed by atoms with Gasteiger partial charge in [-0.25, -0.2) is 0 Å². The van der Waals surface area contributed by atoms with E-state index in [0.29, 0.717) is 5.92 Å². The van der Waals surface area contributed by atoms with Crippen molar-refractivity contribution in [3.8, 4) is 0 Å². The van der Waals surface area contributed by atoms with Crippen molar-refractivity contribution in [2.45, 2.75) is 50.5 Å². The van der Waals surface area contributed by atoms with Crippen LogP contribution in [0.25, 0.3) is 0 Å². The number of rotatable bonds is 4. The molecule has 1 aliphatic rings. The molecule has 116 valence electrons. The van der Waals surface area contributed by atoms with Gasteiger partial charge in [-0.3, -0.25) is 0 Å².